The van der Waals surface area contributed by atoms with Crippen LogP contribution >= 0.6 is 0 Å². The Kier molecular flexibility index (Phi) is 6.44. The molecule has 1 atom stereocenters. The van der Waals surface area contributed by atoms with Gasteiger partial charge in [-0.05, 0) is 59.9 Å². The van der Waals surface area contributed by atoms with Gasteiger partial charge in [-0.2, -0.15) is 0 Å². The molecule has 0 unspecified atom stereocenters. The molecule has 1 aliphatic heterocycles. The zero-order valence-corrected chi connectivity index (χ0v) is 15.6. The molecule has 0 N–H and O–H groups in total. The molecule has 1 amide bonds. The number of likely N-dealkylation sites (tertiary alicyclic amines) is 1. The molecule has 0 aromatic heterocycles. The van der Waals surface area contributed by atoms with Gasteiger partial charge in [-0.25, -0.2) is 0 Å². The van der Waals surface area contributed by atoms with E-state index in [1.807, 2.05) is 32.7 Å². The lowest BCUT2D eigenvalue weighted by molar-refractivity contribution is -0.156. The molecule has 136 valence electrons. The normalized spacial score (nSPS) is 22.7. The van der Waals surface area contributed by atoms with Gasteiger partial charge in [-0.3, -0.25) is 14.5 Å². The predicted molar refractivity (Wildman–Crippen MR) is 94.6 cm³/mol. The molecular weight excluding hydrogens is 304 g/mol. The van der Waals surface area contributed by atoms with E-state index in [1.165, 1.54) is 0 Å². The van der Waals surface area contributed by atoms with Crippen molar-refractivity contribution < 1.29 is 14.3 Å². The van der Waals surface area contributed by atoms with Crippen LogP contribution in [0.2, 0.25) is 0 Å². The third kappa shape index (κ3) is 5.62. The molecule has 0 aromatic carbocycles. The van der Waals surface area contributed by atoms with Gasteiger partial charge in [0.2, 0.25) is 5.91 Å². The minimum Gasteiger partial charge on any atom is -0.459 e. The van der Waals surface area contributed by atoms with Gasteiger partial charge < -0.3 is 9.64 Å². The van der Waals surface area contributed by atoms with Crippen LogP contribution in [0.4, 0.5) is 0 Å². The van der Waals surface area contributed by atoms with Crippen LogP contribution in [-0.2, 0) is 14.3 Å². The zero-order valence-electron chi connectivity index (χ0n) is 15.6. The maximum absolute atomic E-state index is 12.6. The standard InChI is InChI=1S/C19H32N2O3/c1-19(2,3)24-17(22)14-20(4)16-10-12-21(13-11-16)18(23)15-8-6-5-7-9-15/h5-6,15-16H,7-14H2,1-4H3/t15-/m0/s1. The van der Waals surface area contributed by atoms with Crippen LogP contribution in [0, 0.1) is 5.92 Å². The molecular formula is C19H32N2O3. The summed E-state index contributed by atoms with van der Waals surface area (Å²) in [7, 11) is 1.97. The van der Waals surface area contributed by atoms with Crippen molar-refractivity contribution in [1.82, 2.24) is 9.80 Å². The fraction of sp³-hybridized carbons (Fsp3) is 0.789. The Morgan fingerprint density at radius 3 is 2.38 bits per heavy atom. The van der Waals surface area contributed by atoms with Crippen molar-refractivity contribution in [3.05, 3.63) is 12.2 Å². The molecule has 2 rings (SSSR count). The average molecular weight is 336 g/mol. The first-order valence-electron chi connectivity index (χ1n) is 9.12. The first-order chi connectivity index (χ1) is 11.3. The quantitative estimate of drug-likeness (QED) is 0.585. The average Bonchev–Trinajstić information content (AvgIpc) is 2.53. The summed E-state index contributed by atoms with van der Waals surface area (Å²) in [6.07, 6.45) is 9.03. The summed E-state index contributed by atoms with van der Waals surface area (Å²) in [5.41, 5.74) is -0.442. The number of hydrogen-bond donors (Lipinski definition) is 0. The summed E-state index contributed by atoms with van der Waals surface area (Å²) in [6, 6.07) is 0.341. The Morgan fingerprint density at radius 2 is 1.83 bits per heavy atom. The van der Waals surface area contributed by atoms with Crippen molar-refractivity contribution in [2.24, 2.45) is 5.92 Å². The molecule has 24 heavy (non-hydrogen) atoms. The van der Waals surface area contributed by atoms with Gasteiger partial charge in [0.05, 0.1) is 6.54 Å². The molecule has 0 bridgehead atoms. The van der Waals surface area contributed by atoms with E-state index < -0.39 is 5.60 Å². The molecule has 0 radical (unpaired) electrons. The SMILES string of the molecule is CN(CC(=O)OC(C)(C)C)C1CCN(C(=O)[C@H]2CC=CCC2)CC1. The van der Waals surface area contributed by atoms with Crippen molar-refractivity contribution in [1.29, 1.82) is 0 Å². The highest BCUT2D eigenvalue weighted by Crippen LogP contribution is 2.23. The highest BCUT2D eigenvalue weighted by Gasteiger charge is 2.30. The molecule has 0 saturated carbocycles. The number of allylic oxidation sites excluding steroid dienone is 2. The third-order valence-electron chi connectivity index (χ3n) is 4.82. The topological polar surface area (TPSA) is 49.9 Å². The molecule has 1 aliphatic carbocycles. The Hall–Kier alpha value is -1.36. The number of esters is 1. The van der Waals surface area contributed by atoms with Crippen LogP contribution in [0.3, 0.4) is 0 Å². The molecule has 5 heteroatoms. The van der Waals surface area contributed by atoms with E-state index >= 15 is 0 Å². The van der Waals surface area contributed by atoms with Crippen LogP contribution in [0.5, 0.6) is 0 Å². The fourth-order valence-corrected chi connectivity index (χ4v) is 3.51. The number of likely N-dealkylation sites (N-methyl/N-ethyl adjacent to an activating group) is 1. The number of ether oxygens (including phenoxy) is 1. The molecule has 1 fully saturated rings. The fourth-order valence-electron chi connectivity index (χ4n) is 3.51. The first kappa shape index (κ1) is 19.0. The van der Waals surface area contributed by atoms with Crippen molar-refractivity contribution in [3.8, 4) is 0 Å². The van der Waals surface area contributed by atoms with Crippen LogP contribution in [0.1, 0.15) is 52.9 Å². The van der Waals surface area contributed by atoms with E-state index in [9.17, 15) is 9.59 Å². The van der Waals surface area contributed by atoms with Gasteiger partial charge >= 0.3 is 5.97 Å². The minimum absolute atomic E-state index is 0.172. The van der Waals surface area contributed by atoms with E-state index in [2.05, 4.69) is 17.1 Å². The van der Waals surface area contributed by atoms with E-state index in [1.54, 1.807) is 0 Å². The van der Waals surface area contributed by atoms with E-state index in [0.717, 1.165) is 45.2 Å². The van der Waals surface area contributed by atoms with Crippen molar-refractivity contribution in [3.63, 3.8) is 0 Å². The highest BCUT2D eigenvalue weighted by molar-refractivity contribution is 5.79. The van der Waals surface area contributed by atoms with E-state index in [-0.39, 0.29) is 11.9 Å². The molecule has 1 heterocycles. The van der Waals surface area contributed by atoms with Gasteiger partial charge in [-0.1, -0.05) is 12.2 Å². The first-order valence-corrected chi connectivity index (χ1v) is 9.12. The number of nitrogens with zero attached hydrogens (tertiary/aromatic N) is 2. The smallest absolute Gasteiger partial charge is 0.320 e. The van der Waals surface area contributed by atoms with Gasteiger partial charge in [0.1, 0.15) is 5.60 Å². The monoisotopic (exact) mass is 336 g/mol. The largest absolute Gasteiger partial charge is 0.459 e. The maximum atomic E-state index is 12.6. The molecule has 0 aromatic rings. The summed E-state index contributed by atoms with van der Waals surface area (Å²) < 4.78 is 5.39. The number of carbonyl (C=O) groups is 2. The molecule has 2 aliphatic rings. The van der Waals surface area contributed by atoms with Crippen molar-refractivity contribution >= 4 is 11.9 Å². The van der Waals surface area contributed by atoms with Crippen LogP contribution < -0.4 is 0 Å². The van der Waals surface area contributed by atoms with Crippen molar-refractivity contribution in [2.75, 3.05) is 26.7 Å². The van der Waals surface area contributed by atoms with Gasteiger partial charge in [0, 0.05) is 25.0 Å². The highest BCUT2D eigenvalue weighted by atomic mass is 16.6. The van der Waals surface area contributed by atoms with Crippen LogP contribution in [0.15, 0.2) is 12.2 Å². The number of amides is 1. The van der Waals surface area contributed by atoms with Gasteiger partial charge in [0.15, 0.2) is 0 Å². The maximum Gasteiger partial charge on any atom is 0.320 e. The number of piperidine rings is 1. The summed E-state index contributed by atoms with van der Waals surface area (Å²) in [5.74, 6) is 0.302. The van der Waals surface area contributed by atoms with Gasteiger partial charge in [-0.15, -0.1) is 0 Å². The summed E-state index contributed by atoms with van der Waals surface area (Å²) in [4.78, 5) is 28.6. The minimum atomic E-state index is -0.442. The van der Waals surface area contributed by atoms with Gasteiger partial charge in [0.25, 0.3) is 0 Å². The summed E-state index contributed by atoms with van der Waals surface area (Å²) in [6.45, 7) is 7.55. The Balaban J connectivity index is 1.76. The van der Waals surface area contributed by atoms with Crippen LogP contribution in [0.25, 0.3) is 0 Å². The summed E-state index contributed by atoms with van der Waals surface area (Å²) in [5, 5.41) is 0. The van der Waals surface area contributed by atoms with E-state index in [0.29, 0.717) is 18.5 Å². The second kappa shape index (κ2) is 8.15. The summed E-state index contributed by atoms with van der Waals surface area (Å²) >= 11 is 0. The second-order valence-corrected chi connectivity index (χ2v) is 8.04. The molecule has 5 nitrogen and oxygen atoms in total. The number of hydrogen-bond acceptors (Lipinski definition) is 4. The Bertz CT molecular complexity index is 473. The lowest BCUT2D eigenvalue weighted by Gasteiger charge is -2.38. The Morgan fingerprint density at radius 1 is 1.17 bits per heavy atom. The third-order valence-corrected chi connectivity index (χ3v) is 4.82. The van der Waals surface area contributed by atoms with Crippen LogP contribution in [-0.4, -0.2) is 60.0 Å². The predicted octanol–water partition coefficient (Wildman–Crippen LogP) is 2.61. The Labute approximate surface area is 146 Å². The lowest BCUT2D eigenvalue weighted by atomic mass is 9.92. The van der Waals surface area contributed by atoms with Crippen molar-refractivity contribution in [2.45, 2.75) is 64.5 Å². The number of carbonyl (C=O) groups excluding carboxylic acids is 2. The lowest BCUT2D eigenvalue weighted by Crippen LogP contribution is -2.48. The van der Waals surface area contributed by atoms with E-state index in [4.69, 9.17) is 4.74 Å². The second-order valence-electron chi connectivity index (χ2n) is 8.04. The molecule has 0 spiro atoms. The molecule has 1 saturated heterocycles. The number of rotatable bonds is 4. The zero-order chi connectivity index (χ0) is 17.7.